The Morgan fingerprint density at radius 1 is 1.53 bits per heavy atom. The fourth-order valence-corrected chi connectivity index (χ4v) is 2.27. The van der Waals surface area contributed by atoms with Crippen molar-refractivity contribution in [2.24, 2.45) is 0 Å². The van der Waals surface area contributed by atoms with Crippen LogP contribution in [0.15, 0.2) is 24.3 Å². The number of morpholine rings is 1. The Hall–Kier alpha value is -1.46. The smallest absolute Gasteiger partial charge is 0.303 e. The van der Waals surface area contributed by atoms with Crippen molar-refractivity contribution in [1.82, 2.24) is 4.90 Å². The van der Waals surface area contributed by atoms with Crippen molar-refractivity contribution in [3.63, 3.8) is 0 Å². The highest BCUT2D eigenvalue weighted by Crippen LogP contribution is 2.22. The number of halogens is 1. The molecule has 1 aromatic rings. The zero-order valence-electron chi connectivity index (χ0n) is 10.7. The summed E-state index contributed by atoms with van der Waals surface area (Å²) in [4.78, 5) is 12.6. The second-order valence-corrected chi connectivity index (χ2v) is 4.71. The molecule has 1 aromatic carbocycles. The summed E-state index contributed by atoms with van der Waals surface area (Å²) < 4.78 is 18.8. The van der Waals surface area contributed by atoms with E-state index in [4.69, 9.17) is 9.84 Å². The lowest BCUT2D eigenvalue weighted by Crippen LogP contribution is -2.39. The molecule has 5 heteroatoms. The Balaban J connectivity index is 1.88. The quantitative estimate of drug-likeness (QED) is 0.887. The molecule has 0 radical (unpaired) electrons. The molecule has 1 atom stereocenters. The van der Waals surface area contributed by atoms with Gasteiger partial charge in [0.25, 0.3) is 0 Å². The Labute approximate surface area is 111 Å². The Morgan fingerprint density at radius 2 is 2.37 bits per heavy atom. The van der Waals surface area contributed by atoms with Gasteiger partial charge in [-0.1, -0.05) is 12.1 Å². The monoisotopic (exact) mass is 267 g/mol. The number of benzene rings is 1. The lowest BCUT2D eigenvalue weighted by Gasteiger charge is -2.33. The number of hydrogen-bond donors (Lipinski definition) is 1. The fraction of sp³-hybridized carbons (Fsp3) is 0.500. The van der Waals surface area contributed by atoms with E-state index in [2.05, 4.69) is 4.90 Å². The van der Waals surface area contributed by atoms with Gasteiger partial charge in [-0.05, 0) is 30.7 Å². The summed E-state index contributed by atoms with van der Waals surface area (Å²) in [5, 5.41) is 8.62. The number of nitrogens with zero attached hydrogens (tertiary/aromatic N) is 1. The van der Waals surface area contributed by atoms with E-state index in [-0.39, 0.29) is 18.3 Å². The summed E-state index contributed by atoms with van der Waals surface area (Å²) in [6, 6.07) is 6.44. The lowest BCUT2D eigenvalue weighted by molar-refractivity contribution is -0.137. The van der Waals surface area contributed by atoms with E-state index in [0.717, 1.165) is 18.7 Å². The van der Waals surface area contributed by atoms with Crippen LogP contribution < -0.4 is 0 Å². The second kappa shape index (κ2) is 6.63. The summed E-state index contributed by atoms with van der Waals surface area (Å²) in [7, 11) is 0. The van der Waals surface area contributed by atoms with Gasteiger partial charge in [-0.3, -0.25) is 9.69 Å². The minimum atomic E-state index is -0.769. The Bertz CT molecular complexity index is 438. The molecule has 1 saturated heterocycles. The van der Waals surface area contributed by atoms with Crippen molar-refractivity contribution in [3.8, 4) is 0 Å². The number of hydrogen-bond acceptors (Lipinski definition) is 3. The van der Waals surface area contributed by atoms with E-state index < -0.39 is 5.97 Å². The van der Waals surface area contributed by atoms with Gasteiger partial charge in [0.05, 0.1) is 12.7 Å². The van der Waals surface area contributed by atoms with Crippen LogP contribution in [0.2, 0.25) is 0 Å². The molecule has 104 valence electrons. The Morgan fingerprint density at radius 3 is 3.11 bits per heavy atom. The number of aliphatic carboxylic acids is 1. The van der Waals surface area contributed by atoms with Crippen molar-refractivity contribution < 1.29 is 19.0 Å². The van der Waals surface area contributed by atoms with Crippen molar-refractivity contribution in [3.05, 3.63) is 35.6 Å². The van der Waals surface area contributed by atoms with Gasteiger partial charge in [0.2, 0.25) is 0 Å². The predicted octanol–water partition coefficient (Wildman–Crippen LogP) is 2.06. The maximum Gasteiger partial charge on any atom is 0.303 e. The van der Waals surface area contributed by atoms with Crippen LogP contribution in [0.25, 0.3) is 0 Å². The van der Waals surface area contributed by atoms with Crippen LogP contribution >= 0.6 is 0 Å². The topological polar surface area (TPSA) is 49.8 Å². The molecular formula is C14H18FNO3. The van der Waals surface area contributed by atoms with Crippen molar-refractivity contribution in [1.29, 1.82) is 0 Å². The summed E-state index contributed by atoms with van der Waals surface area (Å²) in [5.41, 5.74) is 0.836. The standard InChI is InChI=1S/C14H18FNO3/c15-12-4-1-3-11(9-12)13-10-16(7-8-19-13)6-2-5-14(17)18/h1,3-4,9,13H,2,5-8,10H2,(H,17,18)/t13-/m0/s1. The highest BCUT2D eigenvalue weighted by molar-refractivity contribution is 5.66. The molecule has 0 aromatic heterocycles. The molecule has 2 rings (SSSR count). The number of ether oxygens (including phenoxy) is 1. The molecule has 1 fully saturated rings. The zero-order chi connectivity index (χ0) is 13.7. The van der Waals surface area contributed by atoms with E-state index in [0.29, 0.717) is 19.6 Å². The van der Waals surface area contributed by atoms with E-state index in [1.807, 2.05) is 6.07 Å². The van der Waals surface area contributed by atoms with Crippen LogP contribution in [-0.4, -0.2) is 42.2 Å². The van der Waals surface area contributed by atoms with E-state index >= 15 is 0 Å². The first kappa shape index (κ1) is 14.0. The molecule has 0 unspecified atom stereocenters. The van der Waals surface area contributed by atoms with Crippen LogP contribution in [0, 0.1) is 5.82 Å². The van der Waals surface area contributed by atoms with Crippen molar-refractivity contribution >= 4 is 5.97 Å². The molecule has 0 aliphatic carbocycles. The number of rotatable bonds is 5. The van der Waals surface area contributed by atoms with Crippen LogP contribution in [-0.2, 0) is 9.53 Å². The minimum absolute atomic E-state index is 0.130. The molecule has 1 N–H and O–H groups in total. The third kappa shape index (κ3) is 4.29. The SMILES string of the molecule is O=C(O)CCCN1CCO[C@H](c2cccc(F)c2)C1. The molecule has 1 heterocycles. The first-order chi connectivity index (χ1) is 9.15. The molecule has 0 bridgehead atoms. The zero-order valence-corrected chi connectivity index (χ0v) is 10.7. The maximum absolute atomic E-state index is 13.2. The van der Waals surface area contributed by atoms with E-state index in [9.17, 15) is 9.18 Å². The van der Waals surface area contributed by atoms with E-state index in [1.165, 1.54) is 12.1 Å². The van der Waals surface area contributed by atoms with Gasteiger partial charge in [-0.25, -0.2) is 4.39 Å². The van der Waals surface area contributed by atoms with Gasteiger partial charge >= 0.3 is 5.97 Å². The summed E-state index contributed by atoms with van der Waals surface area (Å²) >= 11 is 0. The lowest BCUT2D eigenvalue weighted by atomic mass is 10.1. The molecular weight excluding hydrogens is 249 g/mol. The number of carbonyl (C=O) groups is 1. The molecule has 0 amide bonds. The average Bonchev–Trinajstić information content (AvgIpc) is 2.39. The molecule has 0 saturated carbocycles. The molecule has 4 nitrogen and oxygen atoms in total. The first-order valence-electron chi connectivity index (χ1n) is 6.46. The molecule has 1 aliphatic heterocycles. The van der Waals surface area contributed by atoms with E-state index in [1.54, 1.807) is 6.07 Å². The number of carboxylic acid groups (broad SMARTS) is 1. The molecule has 1 aliphatic rings. The molecule has 0 spiro atoms. The average molecular weight is 267 g/mol. The van der Waals surface area contributed by atoms with Gasteiger partial charge in [-0.2, -0.15) is 0 Å². The predicted molar refractivity (Wildman–Crippen MR) is 68.4 cm³/mol. The van der Waals surface area contributed by atoms with Crippen LogP contribution in [0.3, 0.4) is 0 Å². The van der Waals surface area contributed by atoms with Gasteiger partial charge in [-0.15, -0.1) is 0 Å². The highest BCUT2D eigenvalue weighted by atomic mass is 19.1. The minimum Gasteiger partial charge on any atom is -0.481 e. The van der Waals surface area contributed by atoms with Crippen LogP contribution in [0.4, 0.5) is 4.39 Å². The maximum atomic E-state index is 13.2. The Kier molecular flexibility index (Phi) is 4.87. The highest BCUT2D eigenvalue weighted by Gasteiger charge is 2.21. The fourth-order valence-electron chi connectivity index (χ4n) is 2.27. The van der Waals surface area contributed by atoms with Gasteiger partial charge in [0.1, 0.15) is 5.82 Å². The van der Waals surface area contributed by atoms with Gasteiger partial charge in [0, 0.05) is 19.5 Å². The van der Waals surface area contributed by atoms with Crippen molar-refractivity contribution in [2.45, 2.75) is 18.9 Å². The first-order valence-corrected chi connectivity index (χ1v) is 6.46. The third-order valence-corrected chi connectivity index (χ3v) is 3.24. The van der Waals surface area contributed by atoms with Gasteiger partial charge < -0.3 is 9.84 Å². The summed E-state index contributed by atoms with van der Waals surface area (Å²) in [5.74, 6) is -1.03. The molecule has 19 heavy (non-hydrogen) atoms. The summed E-state index contributed by atoms with van der Waals surface area (Å²) in [6.45, 7) is 2.81. The summed E-state index contributed by atoms with van der Waals surface area (Å²) in [6.07, 6.45) is 0.682. The van der Waals surface area contributed by atoms with Gasteiger partial charge in [0.15, 0.2) is 0 Å². The largest absolute Gasteiger partial charge is 0.481 e. The number of carboxylic acids is 1. The van der Waals surface area contributed by atoms with Crippen molar-refractivity contribution in [2.75, 3.05) is 26.2 Å². The normalized spacial score (nSPS) is 20.4. The van der Waals surface area contributed by atoms with Crippen LogP contribution in [0.5, 0.6) is 0 Å². The second-order valence-electron chi connectivity index (χ2n) is 4.71. The van der Waals surface area contributed by atoms with Crippen LogP contribution in [0.1, 0.15) is 24.5 Å². The third-order valence-electron chi connectivity index (χ3n) is 3.24.